The molecular weight excluding hydrogens is 146 g/mol. The van der Waals surface area contributed by atoms with E-state index in [0.717, 1.165) is 6.08 Å². The van der Waals surface area contributed by atoms with E-state index < -0.39 is 5.97 Å². The van der Waals surface area contributed by atoms with Gasteiger partial charge in [-0.05, 0) is 0 Å². The first kappa shape index (κ1) is 9.68. The lowest BCUT2D eigenvalue weighted by molar-refractivity contribution is -0.131. The van der Waals surface area contributed by atoms with Crippen molar-refractivity contribution in [2.45, 2.75) is 6.42 Å². The van der Waals surface area contributed by atoms with Gasteiger partial charge >= 0.3 is 5.97 Å². The van der Waals surface area contributed by atoms with Crippen LogP contribution in [0.4, 0.5) is 0 Å². The van der Waals surface area contributed by atoms with Crippen LogP contribution in [-0.2, 0) is 9.59 Å². The summed E-state index contributed by atoms with van der Waals surface area (Å²) in [5.74, 6) is -1.14. The van der Waals surface area contributed by atoms with Gasteiger partial charge in [-0.2, -0.15) is 0 Å². The minimum Gasteiger partial charge on any atom is -0.478 e. The van der Waals surface area contributed by atoms with E-state index in [9.17, 15) is 9.59 Å². The predicted molar refractivity (Wildman–Crippen MR) is 40.1 cm³/mol. The lowest BCUT2D eigenvalue weighted by Crippen LogP contribution is -2.20. The van der Waals surface area contributed by atoms with E-state index >= 15 is 0 Å². The highest BCUT2D eigenvalue weighted by Crippen LogP contribution is 1.88. The number of hydrogen-bond donors (Lipinski definition) is 1. The first-order valence-electron chi connectivity index (χ1n) is 3.13. The summed E-state index contributed by atoms with van der Waals surface area (Å²) in [6.07, 6.45) is 2.42. The van der Waals surface area contributed by atoms with Gasteiger partial charge in [-0.1, -0.05) is 6.08 Å². The van der Waals surface area contributed by atoms with Crippen LogP contribution in [0.2, 0.25) is 0 Å². The summed E-state index contributed by atoms with van der Waals surface area (Å²) in [4.78, 5) is 22.2. The first-order chi connectivity index (χ1) is 5.04. The van der Waals surface area contributed by atoms with Crippen molar-refractivity contribution in [3.63, 3.8) is 0 Å². The summed E-state index contributed by atoms with van der Waals surface area (Å²) < 4.78 is 0. The Bertz CT molecular complexity index is 184. The second kappa shape index (κ2) is 4.49. The lowest BCUT2D eigenvalue weighted by atomic mass is 10.3. The Labute approximate surface area is 65.1 Å². The highest BCUT2D eigenvalue weighted by molar-refractivity contribution is 5.82. The summed E-state index contributed by atoms with van der Waals surface area (Å²) in [6, 6.07) is 0. The van der Waals surface area contributed by atoms with Gasteiger partial charge < -0.3 is 10.0 Å². The van der Waals surface area contributed by atoms with Crippen molar-refractivity contribution in [1.82, 2.24) is 4.90 Å². The van der Waals surface area contributed by atoms with E-state index in [4.69, 9.17) is 5.11 Å². The van der Waals surface area contributed by atoms with Gasteiger partial charge in [0.25, 0.3) is 0 Å². The van der Waals surface area contributed by atoms with E-state index in [1.807, 2.05) is 0 Å². The zero-order chi connectivity index (χ0) is 8.85. The first-order valence-corrected chi connectivity index (χ1v) is 3.13. The summed E-state index contributed by atoms with van der Waals surface area (Å²) in [7, 11) is 3.24. The Hall–Kier alpha value is -1.32. The highest BCUT2D eigenvalue weighted by atomic mass is 16.4. The molecule has 0 radical (unpaired) electrons. The number of carboxylic acid groups (broad SMARTS) is 1. The third-order valence-electron chi connectivity index (χ3n) is 1.05. The van der Waals surface area contributed by atoms with Crippen LogP contribution in [0.15, 0.2) is 12.2 Å². The third-order valence-corrected chi connectivity index (χ3v) is 1.05. The largest absolute Gasteiger partial charge is 0.478 e. The number of carbonyl (C=O) groups is 2. The molecule has 0 saturated carbocycles. The molecule has 0 atom stereocenters. The standard InChI is InChI=1S/C7H11NO3/c1-8(2)6(9)4-3-5-7(10)11/h3,5H,4H2,1-2H3,(H,10,11)/b5-3+. The van der Waals surface area contributed by atoms with Gasteiger partial charge in [-0.25, -0.2) is 4.79 Å². The molecule has 1 amide bonds. The van der Waals surface area contributed by atoms with Crippen molar-refractivity contribution >= 4 is 11.9 Å². The van der Waals surface area contributed by atoms with E-state index in [0.29, 0.717) is 0 Å². The number of carbonyl (C=O) groups excluding carboxylic acids is 1. The summed E-state index contributed by atoms with van der Waals surface area (Å²) in [5, 5.41) is 8.15. The summed E-state index contributed by atoms with van der Waals surface area (Å²) in [6.45, 7) is 0. The minimum absolute atomic E-state index is 0.109. The number of hydrogen-bond acceptors (Lipinski definition) is 2. The van der Waals surface area contributed by atoms with Crippen LogP contribution in [0, 0.1) is 0 Å². The van der Waals surface area contributed by atoms with Gasteiger partial charge in [0.05, 0.1) is 0 Å². The third kappa shape index (κ3) is 5.14. The molecule has 0 aliphatic rings. The maximum Gasteiger partial charge on any atom is 0.327 e. The monoisotopic (exact) mass is 157 g/mol. The molecule has 0 aromatic carbocycles. The molecule has 0 bridgehead atoms. The van der Waals surface area contributed by atoms with Crippen LogP contribution in [0.3, 0.4) is 0 Å². The molecule has 1 N–H and O–H groups in total. The molecule has 0 fully saturated rings. The Morgan fingerprint density at radius 1 is 1.45 bits per heavy atom. The Balaban J connectivity index is 3.71. The second-order valence-corrected chi connectivity index (χ2v) is 2.23. The molecule has 0 unspecified atom stereocenters. The van der Waals surface area contributed by atoms with Gasteiger partial charge in [0.15, 0.2) is 0 Å². The summed E-state index contributed by atoms with van der Waals surface area (Å²) >= 11 is 0. The fourth-order valence-electron chi connectivity index (χ4n) is 0.443. The zero-order valence-electron chi connectivity index (χ0n) is 6.57. The van der Waals surface area contributed by atoms with Crippen LogP contribution < -0.4 is 0 Å². The molecule has 4 nitrogen and oxygen atoms in total. The van der Waals surface area contributed by atoms with E-state index in [2.05, 4.69) is 0 Å². The molecule has 62 valence electrons. The van der Waals surface area contributed by atoms with Crippen LogP contribution in [0.5, 0.6) is 0 Å². The van der Waals surface area contributed by atoms with Crippen molar-refractivity contribution < 1.29 is 14.7 Å². The highest BCUT2D eigenvalue weighted by Gasteiger charge is 1.99. The average Bonchev–Trinajstić information content (AvgIpc) is 1.86. The van der Waals surface area contributed by atoms with Gasteiger partial charge in [-0.3, -0.25) is 4.79 Å². The molecule has 0 saturated heterocycles. The van der Waals surface area contributed by atoms with Gasteiger partial charge in [0.2, 0.25) is 5.91 Å². The molecule has 0 spiro atoms. The number of aliphatic carboxylic acids is 1. The number of amides is 1. The molecule has 11 heavy (non-hydrogen) atoms. The van der Waals surface area contributed by atoms with Crippen LogP contribution in [0.1, 0.15) is 6.42 Å². The second-order valence-electron chi connectivity index (χ2n) is 2.23. The topological polar surface area (TPSA) is 57.6 Å². The normalized spacial score (nSPS) is 10.0. The van der Waals surface area contributed by atoms with Gasteiger partial charge in [0, 0.05) is 26.6 Å². The minimum atomic E-state index is -1.03. The number of carboxylic acids is 1. The molecular formula is C7H11NO3. The van der Waals surface area contributed by atoms with Crippen molar-refractivity contribution in [3.05, 3.63) is 12.2 Å². The lowest BCUT2D eigenvalue weighted by Gasteiger charge is -2.06. The van der Waals surface area contributed by atoms with Crippen LogP contribution in [0.25, 0.3) is 0 Å². The van der Waals surface area contributed by atoms with E-state index in [-0.39, 0.29) is 12.3 Å². The van der Waals surface area contributed by atoms with Gasteiger partial charge in [0.1, 0.15) is 0 Å². The van der Waals surface area contributed by atoms with Crippen molar-refractivity contribution in [2.24, 2.45) is 0 Å². The molecule has 0 rings (SSSR count). The molecule has 4 heteroatoms. The van der Waals surface area contributed by atoms with Gasteiger partial charge in [-0.15, -0.1) is 0 Å². The van der Waals surface area contributed by atoms with Crippen molar-refractivity contribution in [2.75, 3.05) is 14.1 Å². The molecule has 0 aromatic heterocycles. The van der Waals surface area contributed by atoms with Crippen molar-refractivity contribution in [1.29, 1.82) is 0 Å². The maximum atomic E-state index is 10.8. The Kier molecular flexibility index (Phi) is 3.95. The van der Waals surface area contributed by atoms with Crippen LogP contribution in [-0.4, -0.2) is 36.0 Å². The van der Waals surface area contributed by atoms with E-state index in [1.54, 1.807) is 14.1 Å². The average molecular weight is 157 g/mol. The molecule has 0 heterocycles. The smallest absolute Gasteiger partial charge is 0.327 e. The fraction of sp³-hybridized carbons (Fsp3) is 0.429. The van der Waals surface area contributed by atoms with E-state index in [1.165, 1.54) is 11.0 Å². The number of rotatable bonds is 3. The predicted octanol–water partition coefficient (Wildman–Crippen LogP) is 0.105. The number of nitrogens with zero attached hydrogens (tertiary/aromatic N) is 1. The molecule has 0 aliphatic heterocycles. The fourth-order valence-corrected chi connectivity index (χ4v) is 0.443. The Morgan fingerprint density at radius 3 is 2.36 bits per heavy atom. The quantitative estimate of drug-likeness (QED) is 0.591. The molecule has 0 aliphatic carbocycles. The Morgan fingerprint density at radius 2 is 2.00 bits per heavy atom. The van der Waals surface area contributed by atoms with Crippen molar-refractivity contribution in [3.8, 4) is 0 Å². The SMILES string of the molecule is CN(C)C(=O)C/C=C/C(=O)O. The van der Waals surface area contributed by atoms with Crippen LogP contribution >= 0.6 is 0 Å². The molecule has 0 aromatic rings. The maximum absolute atomic E-state index is 10.8. The summed E-state index contributed by atoms with van der Waals surface area (Å²) in [5.41, 5.74) is 0. The zero-order valence-corrected chi connectivity index (χ0v) is 6.57.